The fourth-order valence-electron chi connectivity index (χ4n) is 5.05. The lowest BCUT2D eigenvalue weighted by atomic mass is 9.95. The Bertz CT molecular complexity index is 1370. The Hall–Kier alpha value is -3.68. The first-order valence-corrected chi connectivity index (χ1v) is 11.5. The summed E-state index contributed by atoms with van der Waals surface area (Å²) in [6.45, 7) is 3.39. The Morgan fingerprint density at radius 3 is 1.56 bits per heavy atom. The van der Waals surface area contributed by atoms with Crippen LogP contribution in [0, 0.1) is 0 Å². The molecule has 4 bridgehead atoms. The third-order valence-electron chi connectivity index (χ3n) is 6.73. The van der Waals surface area contributed by atoms with Gasteiger partial charge in [0.05, 0.1) is 37.6 Å². The van der Waals surface area contributed by atoms with Crippen molar-refractivity contribution in [3.63, 3.8) is 0 Å². The maximum Gasteiger partial charge on any atom is 0.261 e. The van der Waals surface area contributed by atoms with E-state index in [1.54, 1.807) is 7.05 Å². The van der Waals surface area contributed by atoms with Crippen LogP contribution in [0.1, 0.15) is 11.1 Å². The topological polar surface area (TPSA) is 65.7 Å². The van der Waals surface area contributed by atoms with Crippen LogP contribution in [-0.2, 0) is 32.2 Å². The minimum absolute atomic E-state index is 0.277. The molecule has 4 aromatic rings. The average Bonchev–Trinajstić information content (AvgIpc) is 3.47. The molecule has 7 nitrogen and oxygen atoms in total. The molecule has 6 rings (SSSR count). The lowest BCUT2D eigenvalue weighted by Gasteiger charge is -2.09. The number of hydrogen-bond donors (Lipinski definition) is 0. The number of aromatic nitrogens is 2. The van der Waals surface area contributed by atoms with Crippen LogP contribution in [-0.4, -0.2) is 59.3 Å². The molecule has 4 heterocycles. The molecule has 0 radical (unpaired) electrons. The summed E-state index contributed by atoms with van der Waals surface area (Å²) in [6, 6.07) is 16.0. The highest BCUT2D eigenvalue weighted by atomic mass is 16.5. The number of carbonyl (C=O) groups is 2. The fourth-order valence-corrected chi connectivity index (χ4v) is 5.05. The van der Waals surface area contributed by atoms with Crippen molar-refractivity contribution in [2.45, 2.75) is 13.1 Å². The number of nitrogens with zero attached hydrogens (tertiary/aromatic N) is 3. The van der Waals surface area contributed by atoms with Gasteiger partial charge in [0, 0.05) is 65.5 Å². The zero-order valence-electron chi connectivity index (χ0n) is 19.0. The van der Waals surface area contributed by atoms with E-state index in [1.807, 2.05) is 60.9 Å². The Labute approximate surface area is 196 Å². The third kappa shape index (κ3) is 3.20. The molecule has 7 heteroatoms. The molecule has 0 unspecified atom stereocenters. The van der Waals surface area contributed by atoms with E-state index >= 15 is 0 Å². The van der Waals surface area contributed by atoms with E-state index < -0.39 is 0 Å². The van der Waals surface area contributed by atoms with Gasteiger partial charge >= 0.3 is 0 Å². The third-order valence-corrected chi connectivity index (χ3v) is 6.73. The summed E-state index contributed by atoms with van der Waals surface area (Å²) in [5.41, 5.74) is 4.47. The minimum Gasteiger partial charge on any atom is -0.377 e. The smallest absolute Gasteiger partial charge is 0.261 e. The number of rotatable bonds is 0. The molecule has 0 spiro atoms. The summed E-state index contributed by atoms with van der Waals surface area (Å²) in [7, 11) is 1.56. The SMILES string of the molecule is CN1C(=O)C2=C(C1=O)c1cn(c3ccccc13)CCOCCOCCn1cc2c2ccccc21. The van der Waals surface area contributed by atoms with Crippen LogP contribution in [0.25, 0.3) is 33.0 Å². The molecule has 0 saturated carbocycles. The summed E-state index contributed by atoms with van der Waals surface area (Å²) in [4.78, 5) is 28.2. The van der Waals surface area contributed by atoms with Gasteiger partial charge in [0.2, 0.25) is 0 Å². The van der Waals surface area contributed by atoms with Crippen molar-refractivity contribution in [3.8, 4) is 0 Å². The van der Waals surface area contributed by atoms with Crippen molar-refractivity contribution in [1.82, 2.24) is 14.0 Å². The van der Waals surface area contributed by atoms with Crippen LogP contribution in [0.15, 0.2) is 60.9 Å². The maximum atomic E-state index is 13.5. The highest BCUT2D eigenvalue weighted by molar-refractivity contribution is 6.50. The van der Waals surface area contributed by atoms with Gasteiger partial charge < -0.3 is 18.6 Å². The average molecular weight is 456 g/mol. The van der Waals surface area contributed by atoms with Crippen LogP contribution in [0.2, 0.25) is 0 Å². The van der Waals surface area contributed by atoms with E-state index in [0.717, 1.165) is 32.9 Å². The number of hydrogen-bond acceptors (Lipinski definition) is 4. The summed E-state index contributed by atoms with van der Waals surface area (Å²) < 4.78 is 15.8. The minimum atomic E-state index is -0.277. The van der Waals surface area contributed by atoms with Gasteiger partial charge in [-0.1, -0.05) is 36.4 Å². The van der Waals surface area contributed by atoms with Crippen LogP contribution < -0.4 is 0 Å². The van der Waals surface area contributed by atoms with Gasteiger partial charge in [-0.25, -0.2) is 0 Å². The molecule has 2 aliphatic rings. The molecular formula is C27H25N3O4. The molecule has 2 amide bonds. The molecule has 2 aromatic heterocycles. The van der Waals surface area contributed by atoms with Crippen LogP contribution in [0.5, 0.6) is 0 Å². The van der Waals surface area contributed by atoms with Gasteiger partial charge in [0.15, 0.2) is 0 Å². The van der Waals surface area contributed by atoms with E-state index in [-0.39, 0.29) is 11.8 Å². The Balaban J connectivity index is 1.66. The van der Waals surface area contributed by atoms with E-state index in [1.165, 1.54) is 4.90 Å². The second-order valence-electron chi connectivity index (χ2n) is 8.65. The molecule has 0 N–H and O–H groups in total. The zero-order valence-corrected chi connectivity index (χ0v) is 19.0. The summed E-state index contributed by atoms with van der Waals surface area (Å²) in [5.74, 6) is -0.555. The van der Waals surface area contributed by atoms with Gasteiger partial charge in [-0.05, 0) is 12.1 Å². The van der Waals surface area contributed by atoms with Gasteiger partial charge in [-0.15, -0.1) is 0 Å². The zero-order chi connectivity index (χ0) is 23.2. The quantitative estimate of drug-likeness (QED) is 0.381. The van der Waals surface area contributed by atoms with Crippen LogP contribution >= 0.6 is 0 Å². The van der Waals surface area contributed by atoms with Gasteiger partial charge in [-0.3, -0.25) is 14.5 Å². The molecule has 0 saturated heterocycles. The van der Waals surface area contributed by atoms with Crippen molar-refractivity contribution in [3.05, 3.63) is 72.1 Å². The van der Waals surface area contributed by atoms with E-state index in [4.69, 9.17) is 9.47 Å². The number of ether oxygens (including phenoxy) is 2. The highest BCUT2D eigenvalue weighted by Gasteiger charge is 2.39. The number of imide groups is 1. The largest absolute Gasteiger partial charge is 0.377 e. The van der Waals surface area contributed by atoms with Crippen LogP contribution in [0.4, 0.5) is 0 Å². The van der Waals surface area contributed by atoms with Crippen molar-refractivity contribution < 1.29 is 19.1 Å². The molecule has 172 valence electrons. The summed E-state index contributed by atoms with van der Waals surface area (Å²) >= 11 is 0. The number of para-hydroxylation sites is 2. The number of benzene rings is 2. The monoisotopic (exact) mass is 455 g/mol. The maximum absolute atomic E-state index is 13.5. The first-order valence-electron chi connectivity index (χ1n) is 11.5. The number of carbonyl (C=O) groups excluding carboxylic acids is 2. The summed E-state index contributed by atoms with van der Waals surface area (Å²) in [6.07, 6.45) is 3.96. The van der Waals surface area contributed by atoms with Crippen molar-refractivity contribution in [2.24, 2.45) is 0 Å². The second kappa shape index (κ2) is 8.27. The predicted octanol–water partition coefficient (Wildman–Crippen LogP) is 3.55. The molecular weight excluding hydrogens is 430 g/mol. The normalized spacial score (nSPS) is 17.7. The molecule has 2 aromatic carbocycles. The lowest BCUT2D eigenvalue weighted by molar-refractivity contribution is -0.134. The lowest BCUT2D eigenvalue weighted by Crippen LogP contribution is -2.26. The molecule has 34 heavy (non-hydrogen) atoms. The Kier molecular flexibility index (Phi) is 5.08. The Morgan fingerprint density at radius 2 is 1.09 bits per heavy atom. The van der Waals surface area contributed by atoms with Crippen LogP contribution in [0.3, 0.4) is 0 Å². The number of fused-ring (bicyclic) bond motifs is 12. The van der Waals surface area contributed by atoms with Crippen molar-refractivity contribution >= 4 is 44.8 Å². The van der Waals surface area contributed by atoms with Gasteiger partial charge in [-0.2, -0.15) is 0 Å². The molecule has 2 aliphatic heterocycles. The van der Waals surface area contributed by atoms with Crippen molar-refractivity contribution in [2.75, 3.05) is 33.5 Å². The fraction of sp³-hybridized carbons (Fsp3) is 0.259. The first-order chi connectivity index (χ1) is 16.6. The molecule has 0 atom stereocenters. The second-order valence-corrected chi connectivity index (χ2v) is 8.65. The number of amides is 2. The predicted molar refractivity (Wildman–Crippen MR) is 130 cm³/mol. The van der Waals surface area contributed by atoms with Gasteiger partial charge in [0.25, 0.3) is 11.8 Å². The highest BCUT2D eigenvalue weighted by Crippen LogP contribution is 2.41. The van der Waals surface area contributed by atoms with Gasteiger partial charge in [0.1, 0.15) is 0 Å². The Morgan fingerprint density at radius 1 is 0.647 bits per heavy atom. The van der Waals surface area contributed by atoms with E-state index in [2.05, 4.69) is 9.13 Å². The first kappa shape index (κ1) is 20.9. The molecule has 0 fully saturated rings. The standard InChI is InChI=1S/C27H25N3O4/c1-28-26(31)24-20-16-29(22-8-4-2-6-18(20)22)10-12-33-14-15-34-13-11-30-17-21(25(24)27(28)32)19-7-3-5-9-23(19)30/h2-9,16-17H,10-15H2,1H3. The molecule has 0 aliphatic carbocycles. The van der Waals surface area contributed by atoms with E-state index in [0.29, 0.717) is 50.7 Å². The summed E-state index contributed by atoms with van der Waals surface area (Å²) in [5, 5.41) is 1.89. The van der Waals surface area contributed by atoms with Crippen molar-refractivity contribution in [1.29, 1.82) is 0 Å². The number of likely N-dealkylation sites (N-methyl/N-ethyl adjacent to an activating group) is 1. The van der Waals surface area contributed by atoms with E-state index in [9.17, 15) is 9.59 Å².